The summed E-state index contributed by atoms with van der Waals surface area (Å²) in [6.45, 7) is 15.3. The predicted octanol–water partition coefficient (Wildman–Crippen LogP) is 9.55. The summed E-state index contributed by atoms with van der Waals surface area (Å²) in [4.78, 5) is 27.7. The predicted molar refractivity (Wildman–Crippen MR) is 310 cm³/mol. The molecule has 2 atom stereocenters. The largest absolute Gasteiger partial charge is 0.399 e. The van der Waals surface area contributed by atoms with Crippen molar-refractivity contribution in [2.75, 3.05) is 73.9 Å². The summed E-state index contributed by atoms with van der Waals surface area (Å²) >= 11 is 17.6. The lowest BCUT2D eigenvalue weighted by molar-refractivity contribution is -0.00618. The molecule has 0 spiro atoms. The van der Waals surface area contributed by atoms with Gasteiger partial charge in [0.2, 0.25) is 0 Å². The maximum atomic E-state index is 13.6. The van der Waals surface area contributed by atoms with E-state index in [-0.39, 0.29) is 42.2 Å². The minimum Gasteiger partial charge on any atom is -0.399 e. The number of nitrogens with zero attached hydrogens (tertiary/aromatic N) is 13. The van der Waals surface area contributed by atoms with Gasteiger partial charge in [-0.3, -0.25) is 0 Å². The van der Waals surface area contributed by atoms with Gasteiger partial charge in [-0.05, 0) is 102 Å². The fraction of sp³-hybridized carbons (Fsp3) is 0.291. The second kappa shape index (κ2) is 30.2. The molecule has 85 heavy (non-hydrogen) atoms. The van der Waals surface area contributed by atoms with Crippen LogP contribution in [-0.2, 0) is 9.47 Å². The van der Waals surface area contributed by atoms with Gasteiger partial charge in [-0.15, -0.1) is 0 Å². The van der Waals surface area contributed by atoms with Crippen LogP contribution in [0.5, 0.6) is 0 Å². The van der Waals surface area contributed by atoms with Crippen molar-refractivity contribution < 1.29 is 46.0 Å². The van der Waals surface area contributed by atoms with Crippen LogP contribution in [0.2, 0.25) is 15.5 Å². The molecule has 2 aliphatic rings. The number of nitrogens with two attached hydrogens (primary N) is 1. The van der Waals surface area contributed by atoms with E-state index in [2.05, 4.69) is 61.2 Å². The smallest absolute Gasteiger partial charge is 0.254 e. The highest BCUT2D eigenvalue weighted by Crippen LogP contribution is 2.26. The number of nitrogens with one attached hydrogen (secondary N) is 3. The van der Waals surface area contributed by atoms with E-state index in [0.717, 1.165) is 90.3 Å². The lowest BCUT2D eigenvalue weighted by Gasteiger charge is -2.33. The molecule has 21 nitrogen and oxygen atoms in total. The highest BCUT2D eigenvalue weighted by molar-refractivity contribution is 6.33. The van der Waals surface area contributed by atoms with E-state index in [1.54, 1.807) is 20.1 Å². The molecule has 11 rings (SSSR count). The molecule has 30 heteroatoms. The monoisotopic (exact) mass is 1240 g/mol. The Kier molecular flexibility index (Phi) is 22.9. The topological polar surface area (TPSA) is 255 Å². The number of morpholine rings is 2. The number of aliphatic hydroxyl groups is 2. The van der Waals surface area contributed by atoms with Crippen LogP contribution >= 0.6 is 34.8 Å². The maximum Gasteiger partial charge on any atom is 0.254 e. The average molecular weight is 1240 g/mol. The van der Waals surface area contributed by atoms with Gasteiger partial charge in [0.25, 0.3) is 17.8 Å². The number of benzene rings is 3. The van der Waals surface area contributed by atoms with Gasteiger partial charge in [-0.25, -0.2) is 40.4 Å². The minimum absolute atomic E-state index is 0.0312. The SMILES string of the molecule is Cc1cc(C)n(-c2nc(Cl)cc(Cl)n2)n1.Cc1cc(C)n(-c2nc(Cl)cc(Nc3ccc(F)c(F)c3)n2)n1.Cc1cc(C)n(-c2nc(Nc3ccc(F)c(F)c3)cc(N3CCOC(CO)C3)n2)n1.Nc1ccc(F)c(F)c1.OCC1CNCCO1. The number of rotatable bonds is 10. The first-order valence-electron chi connectivity index (χ1n) is 25.8. The molecule has 9 aromatic rings. The van der Waals surface area contributed by atoms with Gasteiger partial charge >= 0.3 is 0 Å². The average Bonchev–Trinajstić information content (AvgIpc) is 3.88. The summed E-state index contributed by atoms with van der Waals surface area (Å²) in [7, 11) is 0. The molecule has 2 aliphatic heterocycles. The van der Waals surface area contributed by atoms with Crippen molar-refractivity contribution in [2.24, 2.45) is 0 Å². The van der Waals surface area contributed by atoms with Crippen molar-refractivity contribution in [1.29, 1.82) is 0 Å². The zero-order valence-electron chi connectivity index (χ0n) is 46.5. The quantitative estimate of drug-likeness (QED) is 0.0423. The van der Waals surface area contributed by atoms with Crippen LogP contribution in [0.25, 0.3) is 17.8 Å². The first-order valence-corrected chi connectivity index (χ1v) is 27.0. The Morgan fingerprint density at radius 3 is 1.38 bits per heavy atom. The Balaban J connectivity index is 0.000000165. The van der Waals surface area contributed by atoms with Gasteiger partial charge in [0, 0.05) is 90.7 Å². The third-order valence-corrected chi connectivity index (χ3v) is 12.4. The summed E-state index contributed by atoms with van der Waals surface area (Å²) in [6, 6.07) is 20.7. The number of hydrogen-bond donors (Lipinski definition) is 6. The standard InChI is InChI=1S/C20H22F2N6O2.C15H12ClF2N5.C9H8Cl2N4.C6H5F2N.C5H11NO2/c1-12-7-13(2)28(26-12)20-24-18(23-14-3-4-16(21)17(22)8-14)9-19(25-20)27-5-6-30-15(10-27)11-29;1-8-5-9(2)23(22-8)15-20-13(16)7-14(21-15)19-10-3-4-11(17)12(18)6-10;1-5-3-6(2)15(14-5)9-12-7(10)4-8(11)13-9;7-5-2-1-4(9)3-6(5)8;7-4-5-3-6-1-2-8-5/h3-4,7-9,15,29H,5-6,10-11H2,1-2H3,(H,23,24,25);3-7H,1-2H3,(H,19,20,21);3-4H,1-2H3;1-3H,9H2;5-7H,1-4H2. The molecule has 450 valence electrons. The van der Waals surface area contributed by atoms with Gasteiger partial charge in [0.15, 0.2) is 34.9 Å². The molecule has 2 unspecified atom stereocenters. The number of ether oxygens (including phenoxy) is 2. The van der Waals surface area contributed by atoms with Gasteiger partial charge in [-0.2, -0.15) is 45.2 Å². The van der Waals surface area contributed by atoms with Gasteiger partial charge in [-0.1, -0.05) is 34.8 Å². The Labute approximate surface area is 498 Å². The zero-order chi connectivity index (χ0) is 61.5. The maximum absolute atomic E-state index is 13.6. The van der Waals surface area contributed by atoms with Crippen LogP contribution in [0.1, 0.15) is 34.2 Å². The van der Waals surface area contributed by atoms with E-state index in [1.807, 2.05) is 64.6 Å². The van der Waals surface area contributed by atoms with Crippen LogP contribution < -0.4 is 26.6 Å². The second-order valence-corrected chi connectivity index (χ2v) is 20.0. The van der Waals surface area contributed by atoms with Crippen molar-refractivity contribution in [3.63, 3.8) is 0 Å². The van der Waals surface area contributed by atoms with Crippen LogP contribution in [-0.4, -0.2) is 134 Å². The van der Waals surface area contributed by atoms with Crippen LogP contribution in [0.15, 0.2) is 91.0 Å². The van der Waals surface area contributed by atoms with Crippen LogP contribution in [0, 0.1) is 76.4 Å². The molecule has 3 aromatic carbocycles. The first-order chi connectivity index (χ1) is 40.5. The lowest BCUT2D eigenvalue weighted by Crippen LogP contribution is -2.44. The summed E-state index contributed by atoms with van der Waals surface area (Å²) in [5.41, 5.74) is 11.2. The molecule has 0 bridgehead atoms. The highest BCUT2D eigenvalue weighted by atomic mass is 35.5. The molecule has 0 aliphatic carbocycles. The van der Waals surface area contributed by atoms with E-state index in [1.165, 1.54) is 30.3 Å². The van der Waals surface area contributed by atoms with Crippen molar-refractivity contribution >= 4 is 69.3 Å². The number of aryl methyl sites for hydroxylation is 6. The number of hydrogen-bond acceptors (Lipinski definition) is 18. The van der Waals surface area contributed by atoms with Gasteiger partial charge in [0.1, 0.15) is 32.9 Å². The summed E-state index contributed by atoms with van der Waals surface area (Å²) in [5.74, 6) is -3.14. The fourth-order valence-electron chi connectivity index (χ4n) is 8.01. The minimum atomic E-state index is -0.952. The van der Waals surface area contributed by atoms with E-state index in [9.17, 15) is 31.4 Å². The van der Waals surface area contributed by atoms with Crippen molar-refractivity contribution in [2.45, 2.75) is 53.8 Å². The Bertz CT molecular complexity index is 3690. The Hall–Kier alpha value is -8.02. The van der Waals surface area contributed by atoms with Gasteiger partial charge in [0.05, 0.1) is 55.7 Å². The normalized spacial score (nSPS) is 14.6. The Morgan fingerprint density at radius 2 is 0.965 bits per heavy atom. The molecular weight excluding hydrogens is 1180 g/mol. The fourth-order valence-corrected chi connectivity index (χ4v) is 8.60. The molecule has 2 saturated heterocycles. The molecule has 2 fully saturated rings. The number of halogens is 9. The number of aliphatic hydroxyl groups excluding tert-OH is 2. The van der Waals surface area contributed by atoms with Gasteiger partial charge < -0.3 is 46.3 Å². The van der Waals surface area contributed by atoms with Crippen LogP contribution in [0.3, 0.4) is 0 Å². The lowest BCUT2D eigenvalue weighted by atomic mass is 10.2. The molecule has 6 aromatic heterocycles. The number of anilines is 6. The number of nitrogen functional groups attached to an aromatic ring is 1. The summed E-state index contributed by atoms with van der Waals surface area (Å²) < 4.78 is 92.8. The second-order valence-electron chi connectivity index (χ2n) is 18.8. The van der Waals surface area contributed by atoms with Crippen molar-refractivity contribution in [3.8, 4) is 17.8 Å². The van der Waals surface area contributed by atoms with E-state index >= 15 is 0 Å². The third kappa shape index (κ3) is 18.7. The molecule has 0 amide bonds. The molecule has 7 N–H and O–H groups in total. The summed E-state index contributed by atoms with van der Waals surface area (Å²) in [6.07, 6.45) is -0.280. The molecule has 8 heterocycles. The molecular formula is C55H58Cl3F6N17O4. The van der Waals surface area contributed by atoms with Crippen molar-refractivity contribution in [1.82, 2.24) is 64.6 Å². The first kappa shape index (κ1) is 64.5. The molecule has 0 radical (unpaired) electrons. The Morgan fingerprint density at radius 1 is 0.529 bits per heavy atom. The molecule has 0 saturated carbocycles. The highest BCUT2D eigenvalue weighted by Gasteiger charge is 2.23. The summed E-state index contributed by atoms with van der Waals surface area (Å²) in [5, 5.41) is 40.7. The van der Waals surface area contributed by atoms with E-state index in [4.69, 9.17) is 55.1 Å². The zero-order valence-corrected chi connectivity index (χ0v) is 48.7. The van der Waals surface area contributed by atoms with Crippen LogP contribution in [0.4, 0.5) is 60.9 Å². The van der Waals surface area contributed by atoms with Crippen molar-refractivity contribution in [3.05, 3.63) is 176 Å². The number of aromatic nitrogens is 12. The van der Waals surface area contributed by atoms with E-state index < -0.39 is 34.9 Å². The third-order valence-electron chi connectivity index (χ3n) is 11.8. The van der Waals surface area contributed by atoms with E-state index in [0.29, 0.717) is 70.7 Å².